The van der Waals surface area contributed by atoms with Gasteiger partial charge in [0.2, 0.25) is 0 Å². The summed E-state index contributed by atoms with van der Waals surface area (Å²) in [6.07, 6.45) is 1.40. The second-order valence-electron chi connectivity index (χ2n) is 6.00. The molecule has 2 aromatic rings. The first-order valence-corrected chi connectivity index (χ1v) is 8.13. The van der Waals surface area contributed by atoms with E-state index in [1.165, 1.54) is 18.2 Å². The van der Waals surface area contributed by atoms with Crippen LogP contribution in [0.2, 0.25) is 0 Å². The molecule has 0 bridgehead atoms. The van der Waals surface area contributed by atoms with E-state index in [1.807, 2.05) is 0 Å². The molecule has 1 aromatic heterocycles. The molecule has 0 spiro atoms. The number of anilines is 1. The highest BCUT2D eigenvalue weighted by molar-refractivity contribution is 6.04. The molecule has 1 aliphatic rings. The smallest absolute Gasteiger partial charge is 0.262 e. The van der Waals surface area contributed by atoms with Gasteiger partial charge in [-0.15, -0.1) is 0 Å². The monoisotopic (exact) mass is 365 g/mol. The van der Waals surface area contributed by atoms with Crippen molar-refractivity contribution >= 4 is 17.5 Å². The maximum Gasteiger partial charge on any atom is 0.262 e. The van der Waals surface area contributed by atoms with Crippen LogP contribution in [0.5, 0.6) is 0 Å². The van der Waals surface area contributed by atoms with Gasteiger partial charge in [-0.2, -0.15) is 0 Å². The molecule has 0 atom stereocenters. The summed E-state index contributed by atoms with van der Waals surface area (Å²) in [6, 6.07) is 5.29. The molecule has 26 heavy (non-hydrogen) atoms. The van der Waals surface area contributed by atoms with Gasteiger partial charge in [0, 0.05) is 19.5 Å². The number of nitrogens with one attached hydrogen (secondary N) is 2. The zero-order valence-electron chi connectivity index (χ0n) is 13.7. The topological polar surface area (TPSA) is 71.1 Å². The van der Waals surface area contributed by atoms with Gasteiger partial charge < -0.3 is 10.6 Å². The van der Waals surface area contributed by atoms with Crippen LogP contribution < -0.4 is 10.6 Å². The van der Waals surface area contributed by atoms with E-state index in [9.17, 15) is 22.8 Å². The first kappa shape index (κ1) is 18.1. The molecule has 3 rings (SSSR count). The average molecular weight is 365 g/mol. The zero-order valence-corrected chi connectivity index (χ0v) is 13.7. The Morgan fingerprint density at radius 2 is 1.77 bits per heavy atom. The molecule has 2 heterocycles. The van der Waals surface area contributed by atoms with Crippen molar-refractivity contribution < 1.29 is 24.2 Å². The molecule has 1 aliphatic heterocycles. The number of hydrogen-bond donors (Lipinski definition) is 2. The Balaban J connectivity index is 0.00000261. The van der Waals surface area contributed by atoms with Crippen molar-refractivity contribution in [3.05, 3.63) is 59.0 Å². The van der Waals surface area contributed by atoms with Crippen molar-refractivity contribution in [3.63, 3.8) is 0 Å². The highest BCUT2D eigenvalue weighted by Gasteiger charge is 2.24. The summed E-state index contributed by atoms with van der Waals surface area (Å²) in [5, 5.41) is 5.40. The highest BCUT2D eigenvalue weighted by atomic mass is 19.1. The molecule has 138 valence electrons. The van der Waals surface area contributed by atoms with Crippen molar-refractivity contribution in [2.75, 3.05) is 18.4 Å². The molecule has 0 unspecified atom stereocenters. The van der Waals surface area contributed by atoms with Crippen LogP contribution >= 0.6 is 0 Å². The molecule has 0 radical (unpaired) electrons. The molecule has 0 saturated carbocycles. The lowest BCUT2D eigenvalue weighted by atomic mass is 9.92. The van der Waals surface area contributed by atoms with E-state index in [4.69, 9.17) is 0 Å². The van der Waals surface area contributed by atoms with Gasteiger partial charge in [0.05, 0.1) is 0 Å². The zero-order chi connectivity index (χ0) is 18.7. The summed E-state index contributed by atoms with van der Waals surface area (Å²) in [5.41, 5.74) is -0.738. The Morgan fingerprint density at radius 1 is 1.12 bits per heavy atom. The van der Waals surface area contributed by atoms with Crippen LogP contribution in [0.3, 0.4) is 0 Å². The Bertz CT molecular complexity index is 834. The van der Waals surface area contributed by atoms with Crippen molar-refractivity contribution in [2.45, 2.75) is 12.8 Å². The normalized spacial score (nSPS) is 14.9. The fraction of sp³-hybridized carbons (Fsp3) is 0.278. The third-order valence-corrected chi connectivity index (χ3v) is 4.19. The van der Waals surface area contributed by atoms with Crippen LogP contribution in [0.25, 0.3) is 0 Å². The quantitative estimate of drug-likeness (QED) is 0.817. The number of carbonyl (C=O) groups is 2. The molecule has 0 aliphatic carbocycles. The maximum absolute atomic E-state index is 13.7. The van der Waals surface area contributed by atoms with Crippen LogP contribution in [0.4, 0.5) is 19.0 Å². The van der Waals surface area contributed by atoms with E-state index in [2.05, 4.69) is 15.6 Å². The minimum absolute atomic E-state index is 0. The summed E-state index contributed by atoms with van der Waals surface area (Å²) in [5.74, 6) is -5.17. The van der Waals surface area contributed by atoms with E-state index in [0.717, 1.165) is 13.1 Å². The van der Waals surface area contributed by atoms with E-state index in [-0.39, 0.29) is 24.6 Å². The third-order valence-electron chi connectivity index (χ3n) is 4.19. The Hall–Kier alpha value is -2.74. The molecular weight excluding hydrogens is 347 g/mol. The predicted molar refractivity (Wildman–Crippen MR) is 90.5 cm³/mol. The molecule has 1 fully saturated rings. The highest BCUT2D eigenvalue weighted by Crippen LogP contribution is 2.19. The van der Waals surface area contributed by atoms with Gasteiger partial charge in [-0.05, 0) is 38.1 Å². The lowest BCUT2D eigenvalue weighted by Crippen LogP contribution is -2.32. The number of ketones is 1. The fourth-order valence-electron chi connectivity index (χ4n) is 2.87. The lowest BCUT2D eigenvalue weighted by molar-refractivity contribution is 0.0889. The van der Waals surface area contributed by atoms with Crippen LogP contribution in [0.1, 0.15) is 35.1 Å². The molecule has 1 amide bonds. The molecule has 1 saturated heterocycles. The van der Waals surface area contributed by atoms with E-state index in [0.29, 0.717) is 25.0 Å². The molecule has 8 heteroatoms. The number of pyridine rings is 1. The molecule has 1 aromatic carbocycles. The Labute approximate surface area is 149 Å². The summed E-state index contributed by atoms with van der Waals surface area (Å²) >= 11 is 0. The van der Waals surface area contributed by atoms with E-state index >= 15 is 0 Å². The Morgan fingerprint density at radius 3 is 2.42 bits per heavy atom. The standard InChI is InChI=1S/C18H16F3N3O2.H2/c19-11-8-12(20)16(13(21)9-11)18(26)24-15-3-1-2-14(23-15)17(25)10-4-6-22-7-5-10;/h1-3,8-10,22H,4-7H2,(H,23,24,26);1H. The van der Waals surface area contributed by atoms with Gasteiger partial charge in [-0.3, -0.25) is 9.59 Å². The molecule has 5 nitrogen and oxygen atoms in total. The summed E-state index contributed by atoms with van der Waals surface area (Å²) in [4.78, 5) is 28.7. The largest absolute Gasteiger partial charge is 0.317 e. The number of aromatic nitrogens is 1. The van der Waals surface area contributed by atoms with E-state index < -0.39 is 28.9 Å². The summed E-state index contributed by atoms with van der Waals surface area (Å²) < 4.78 is 40.3. The first-order valence-electron chi connectivity index (χ1n) is 8.13. The maximum atomic E-state index is 13.7. The van der Waals surface area contributed by atoms with Gasteiger partial charge in [-0.25, -0.2) is 18.2 Å². The van der Waals surface area contributed by atoms with Crippen LogP contribution in [-0.4, -0.2) is 29.8 Å². The van der Waals surface area contributed by atoms with Gasteiger partial charge in [0.1, 0.15) is 34.5 Å². The van der Waals surface area contributed by atoms with Crippen molar-refractivity contribution in [1.82, 2.24) is 10.3 Å². The molecular formula is C18H18F3N3O2. The van der Waals surface area contributed by atoms with Crippen LogP contribution in [0, 0.1) is 23.4 Å². The number of hydrogen-bond acceptors (Lipinski definition) is 4. The Kier molecular flexibility index (Phi) is 5.32. The minimum atomic E-state index is -1.32. The number of Topliss-reactive ketones (excluding diaryl/α,β-unsaturated/α-hetero) is 1. The number of rotatable bonds is 4. The summed E-state index contributed by atoms with van der Waals surface area (Å²) in [6.45, 7) is 1.49. The van der Waals surface area contributed by atoms with Gasteiger partial charge >= 0.3 is 0 Å². The van der Waals surface area contributed by atoms with Gasteiger partial charge in [0.25, 0.3) is 5.91 Å². The van der Waals surface area contributed by atoms with Crippen molar-refractivity contribution in [3.8, 4) is 0 Å². The number of amides is 1. The fourth-order valence-corrected chi connectivity index (χ4v) is 2.87. The number of carbonyl (C=O) groups excluding carboxylic acids is 2. The first-order chi connectivity index (χ1) is 12.5. The van der Waals surface area contributed by atoms with E-state index in [1.54, 1.807) is 0 Å². The number of halogens is 3. The lowest BCUT2D eigenvalue weighted by Gasteiger charge is -2.21. The van der Waals surface area contributed by atoms with Crippen molar-refractivity contribution in [1.29, 1.82) is 0 Å². The third kappa shape index (κ3) is 3.91. The van der Waals surface area contributed by atoms with Crippen molar-refractivity contribution in [2.24, 2.45) is 5.92 Å². The number of nitrogens with zero attached hydrogens (tertiary/aromatic N) is 1. The summed E-state index contributed by atoms with van der Waals surface area (Å²) in [7, 11) is 0. The van der Waals surface area contributed by atoms with Crippen LogP contribution in [-0.2, 0) is 0 Å². The second kappa shape index (κ2) is 7.65. The van der Waals surface area contributed by atoms with Crippen LogP contribution in [0.15, 0.2) is 30.3 Å². The minimum Gasteiger partial charge on any atom is -0.317 e. The predicted octanol–water partition coefficient (Wildman–Crippen LogP) is 3.18. The van der Waals surface area contributed by atoms with Gasteiger partial charge in [0.15, 0.2) is 5.78 Å². The molecule has 2 N–H and O–H groups in total. The average Bonchev–Trinajstić information content (AvgIpc) is 2.61. The SMILES string of the molecule is O=C(Nc1cccc(C(=O)C2CCNCC2)n1)c1c(F)cc(F)cc1F.[HH]. The van der Waals surface area contributed by atoms with Gasteiger partial charge in [-0.1, -0.05) is 6.07 Å². The number of piperidine rings is 1. The second-order valence-corrected chi connectivity index (χ2v) is 6.00. The number of benzene rings is 1.